The van der Waals surface area contributed by atoms with Gasteiger partial charge in [0.15, 0.2) is 0 Å². The molecule has 0 spiro atoms. The lowest BCUT2D eigenvalue weighted by atomic mass is 10.5. The van der Waals surface area contributed by atoms with Crippen molar-refractivity contribution in [2.24, 2.45) is 11.5 Å². The molecule has 36 valence electrons. The first-order valence-corrected chi connectivity index (χ1v) is 2.11. The maximum atomic E-state index is 5.13. The van der Waals surface area contributed by atoms with Crippen molar-refractivity contribution in [1.82, 2.24) is 0 Å². The van der Waals surface area contributed by atoms with Crippen molar-refractivity contribution in [3.63, 3.8) is 0 Å². The van der Waals surface area contributed by atoms with Crippen molar-refractivity contribution < 1.29 is 0 Å². The minimum Gasteiger partial charge on any atom is -0.401 e. The van der Waals surface area contributed by atoms with Gasteiger partial charge >= 0.3 is 0 Å². The molecule has 0 aliphatic rings. The van der Waals surface area contributed by atoms with Crippen LogP contribution in [0.25, 0.3) is 0 Å². The largest absolute Gasteiger partial charge is 0.401 e. The average molecular weight is 104 g/mol. The summed E-state index contributed by atoms with van der Waals surface area (Å²) in [5, 5.41) is 1.49. The van der Waals surface area contributed by atoms with E-state index in [1.165, 1.54) is 5.41 Å². The highest BCUT2D eigenvalue weighted by atomic mass is 32.1. The van der Waals surface area contributed by atoms with Gasteiger partial charge in [0.1, 0.15) is 0 Å². The summed E-state index contributed by atoms with van der Waals surface area (Å²) in [6.45, 7) is 0.392. The van der Waals surface area contributed by atoms with Gasteiger partial charge in [-0.1, -0.05) is 0 Å². The van der Waals surface area contributed by atoms with Crippen LogP contribution in [0.2, 0.25) is 0 Å². The first-order chi connectivity index (χ1) is 2.81. The molecule has 4 N–H and O–H groups in total. The first-order valence-electron chi connectivity index (χ1n) is 1.60. The van der Waals surface area contributed by atoms with Gasteiger partial charge in [0, 0.05) is 12.2 Å². The normalized spacial score (nSPS) is 12.0. The number of thiol groups is 1. The van der Waals surface area contributed by atoms with Crippen LogP contribution in [0.3, 0.4) is 0 Å². The second-order valence-electron chi connectivity index (χ2n) is 0.908. The highest BCUT2D eigenvalue weighted by Crippen LogP contribution is 1.79. The second-order valence-corrected chi connectivity index (χ2v) is 1.17. The average Bonchev–Trinajstić information content (AvgIpc) is 1.65. The SMILES string of the molecule is NC/C(N)=C/S. The third kappa shape index (κ3) is 2.11. The Morgan fingerprint density at radius 2 is 2.33 bits per heavy atom. The van der Waals surface area contributed by atoms with Gasteiger partial charge in [-0.15, -0.1) is 12.6 Å². The number of hydrogen-bond donors (Lipinski definition) is 3. The van der Waals surface area contributed by atoms with Crippen LogP contribution in [-0.2, 0) is 0 Å². The predicted molar refractivity (Wildman–Crippen MR) is 30.3 cm³/mol. The molecule has 0 aromatic carbocycles. The molecule has 0 radical (unpaired) electrons. The van der Waals surface area contributed by atoms with Gasteiger partial charge in [-0.05, 0) is 5.41 Å². The molecule has 0 aromatic heterocycles. The Balaban J connectivity index is 3.22. The zero-order valence-electron chi connectivity index (χ0n) is 3.39. The smallest absolute Gasteiger partial charge is 0.0331 e. The molecule has 0 heterocycles. The zero-order chi connectivity index (χ0) is 4.99. The highest BCUT2D eigenvalue weighted by Gasteiger charge is 1.73. The topological polar surface area (TPSA) is 52.0 Å². The summed E-state index contributed by atoms with van der Waals surface area (Å²) >= 11 is 3.73. The fourth-order valence-electron chi connectivity index (χ4n) is 0.0527. The Morgan fingerprint density at radius 3 is 2.33 bits per heavy atom. The van der Waals surface area contributed by atoms with E-state index in [0.717, 1.165) is 0 Å². The molecular formula is C3H8N2S. The van der Waals surface area contributed by atoms with Crippen molar-refractivity contribution in [1.29, 1.82) is 0 Å². The fourth-order valence-corrected chi connectivity index (χ4v) is 0.158. The van der Waals surface area contributed by atoms with E-state index < -0.39 is 0 Å². The molecule has 0 unspecified atom stereocenters. The van der Waals surface area contributed by atoms with Gasteiger partial charge in [-0.3, -0.25) is 0 Å². The minimum absolute atomic E-state index is 0.392. The van der Waals surface area contributed by atoms with Crippen molar-refractivity contribution in [2.75, 3.05) is 6.54 Å². The van der Waals surface area contributed by atoms with Gasteiger partial charge in [-0.25, -0.2) is 0 Å². The molecule has 2 nitrogen and oxygen atoms in total. The van der Waals surface area contributed by atoms with Crippen molar-refractivity contribution >= 4 is 12.6 Å². The summed E-state index contributed by atoms with van der Waals surface area (Å²) in [7, 11) is 0. The summed E-state index contributed by atoms with van der Waals surface area (Å²) in [4.78, 5) is 0. The van der Waals surface area contributed by atoms with Crippen LogP contribution >= 0.6 is 12.6 Å². The molecule has 0 fully saturated rings. The molecule has 0 amide bonds. The highest BCUT2D eigenvalue weighted by molar-refractivity contribution is 7.83. The standard InChI is InChI=1S/C3H8N2S/c4-1-3(5)2-6/h2,6H,1,4-5H2/b3-2-. The minimum atomic E-state index is 0.392. The van der Waals surface area contributed by atoms with E-state index >= 15 is 0 Å². The third-order valence-corrected chi connectivity index (χ3v) is 0.733. The number of rotatable bonds is 1. The Morgan fingerprint density at radius 1 is 1.83 bits per heavy atom. The summed E-state index contributed by atoms with van der Waals surface area (Å²) in [6.07, 6.45) is 0. The quantitative estimate of drug-likeness (QED) is 0.399. The van der Waals surface area contributed by atoms with E-state index in [4.69, 9.17) is 11.5 Å². The van der Waals surface area contributed by atoms with E-state index in [2.05, 4.69) is 12.6 Å². The van der Waals surface area contributed by atoms with Crippen LogP contribution in [0, 0.1) is 0 Å². The molecule has 0 saturated carbocycles. The van der Waals surface area contributed by atoms with Crippen molar-refractivity contribution in [2.45, 2.75) is 0 Å². The Kier molecular flexibility index (Phi) is 2.98. The third-order valence-electron chi connectivity index (χ3n) is 0.402. The van der Waals surface area contributed by atoms with Crippen LogP contribution in [0.1, 0.15) is 0 Å². The molecule has 0 atom stereocenters. The molecule has 0 aromatic rings. The van der Waals surface area contributed by atoms with Crippen LogP contribution in [0.5, 0.6) is 0 Å². The molecule has 0 saturated heterocycles. The maximum absolute atomic E-state index is 5.13. The molecule has 0 aliphatic heterocycles. The maximum Gasteiger partial charge on any atom is 0.0331 e. The lowest BCUT2D eigenvalue weighted by Crippen LogP contribution is -2.09. The van der Waals surface area contributed by atoms with Gasteiger partial charge in [0.2, 0.25) is 0 Å². The van der Waals surface area contributed by atoms with Crippen LogP contribution in [0.15, 0.2) is 11.1 Å². The van der Waals surface area contributed by atoms with Crippen molar-refractivity contribution in [3.8, 4) is 0 Å². The van der Waals surface area contributed by atoms with Crippen LogP contribution in [0.4, 0.5) is 0 Å². The van der Waals surface area contributed by atoms with E-state index in [-0.39, 0.29) is 0 Å². The summed E-state index contributed by atoms with van der Waals surface area (Å²) < 4.78 is 0. The van der Waals surface area contributed by atoms with Gasteiger partial charge < -0.3 is 11.5 Å². The van der Waals surface area contributed by atoms with Gasteiger partial charge in [-0.2, -0.15) is 0 Å². The summed E-state index contributed by atoms with van der Waals surface area (Å²) in [6, 6.07) is 0. The summed E-state index contributed by atoms with van der Waals surface area (Å²) in [5.74, 6) is 0. The molecule has 0 aliphatic carbocycles. The summed E-state index contributed by atoms with van der Waals surface area (Å²) in [5.41, 5.74) is 10.8. The lowest BCUT2D eigenvalue weighted by molar-refractivity contribution is 1.12. The zero-order valence-corrected chi connectivity index (χ0v) is 4.28. The van der Waals surface area contributed by atoms with Gasteiger partial charge in [0.25, 0.3) is 0 Å². The molecule has 3 heteroatoms. The van der Waals surface area contributed by atoms with E-state index in [9.17, 15) is 0 Å². The van der Waals surface area contributed by atoms with E-state index in [1.807, 2.05) is 0 Å². The number of nitrogens with two attached hydrogens (primary N) is 2. The van der Waals surface area contributed by atoms with E-state index in [1.54, 1.807) is 0 Å². The Labute approximate surface area is 42.6 Å². The second kappa shape index (κ2) is 3.06. The molecule has 6 heavy (non-hydrogen) atoms. The molecule has 0 bridgehead atoms. The monoisotopic (exact) mass is 104 g/mol. The first kappa shape index (κ1) is 5.85. The fraction of sp³-hybridized carbons (Fsp3) is 0.333. The van der Waals surface area contributed by atoms with Crippen molar-refractivity contribution in [3.05, 3.63) is 11.1 Å². The van der Waals surface area contributed by atoms with E-state index in [0.29, 0.717) is 12.2 Å². The molecule has 0 rings (SSSR count). The lowest BCUT2D eigenvalue weighted by Gasteiger charge is -1.86. The Hall–Kier alpha value is -0.150. The van der Waals surface area contributed by atoms with Gasteiger partial charge in [0.05, 0.1) is 0 Å². The molecular weight excluding hydrogens is 96.1 g/mol. The van der Waals surface area contributed by atoms with Crippen LogP contribution in [-0.4, -0.2) is 6.54 Å². The predicted octanol–water partition coefficient (Wildman–Crippen LogP) is -0.325. The Bertz CT molecular complexity index is 59.8. The van der Waals surface area contributed by atoms with Crippen LogP contribution < -0.4 is 11.5 Å². The number of hydrogen-bond acceptors (Lipinski definition) is 3.